The molecule has 0 fully saturated rings. The standard InChI is InChI=1S/C40H33N3/c1-40(2)33-18-10-8-17-31(33)37-38(40)42(3)39(36(41-37)29-21-20-25-12-4-5-13-26(25)22-29)43-34-19-11-9-16-30(34)32-23-27-14-6-7-15-28(27)24-35(32)43/h4-24,36,39,41H,1-3H3/t36?,39-/m0/s1. The third-order valence-electron chi connectivity index (χ3n) is 10.0. The van der Waals surface area contributed by atoms with Crippen molar-refractivity contribution in [1.29, 1.82) is 0 Å². The van der Waals surface area contributed by atoms with E-state index in [9.17, 15) is 0 Å². The van der Waals surface area contributed by atoms with Gasteiger partial charge < -0.3 is 14.8 Å². The van der Waals surface area contributed by atoms with Crippen LogP contribution in [0.15, 0.2) is 133 Å². The van der Waals surface area contributed by atoms with Gasteiger partial charge in [0.05, 0.1) is 22.8 Å². The van der Waals surface area contributed by atoms with Gasteiger partial charge in [-0.25, -0.2) is 0 Å². The molecule has 1 N–H and O–H groups in total. The Labute approximate surface area is 251 Å². The highest BCUT2D eigenvalue weighted by Gasteiger charge is 2.47. The summed E-state index contributed by atoms with van der Waals surface area (Å²) in [6.07, 6.45) is -0.00272. The molecule has 0 amide bonds. The van der Waals surface area contributed by atoms with E-state index in [2.05, 4.69) is 163 Å². The van der Waals surface area contributed by atoms with Crippen molar-refractivity contribution in [2.45, 2.75) is 31.5 Å². The van der Waals surface area contributed by atoms with E-state index in [0.717, 1.165) is 0 Å². The van der Waals surface area contributed by atoms with Crippen LogP contribution in [-0.4, -0.2) is 16.5 Å². The molecule has 2 atom stereocenters. The van der Waals surface area contributed by atoms with E-state index in [0.29, 0.717) is 0 Å². The molecule has 0 bridgehead atoms. The summed E-state index contributed by atoms with van der Waals surface area (Å²) < 4.78 is 2.60. The van der Waals surface area contributed by atoms with Crippen LogP contribution in [0.5, 0.6) is 0 Å². The number of nitrogens with one attached hydrogen (secondary N) is 1. The molecule has 0 saturated heterocycles. The fourth-order valence-corrected chi connectivity index (χ4v) is 8.11. The lowest BCUT2D eigenvalue weighted by Crippen LogP contribution is -2.46. The van der Waals surface area contributed by atoms with Gasteiger partial charge in [-0.3, -0.25) is 0 Å². The van der Waals surface area contributed by atoms with Crippen molar-refractivity contribution >= 4 is 49.0 Å². The first-order valence-corrected chi connectivity index (χ1v) is 15.2. The number of hydrogen-bond donors (Lipinski definition) is 1. The second kappa shape index (κ2) is 8.75. The van der Waals surface area contributed by atoms with Crippen LogP contribution in [0.2, 0.25) is 0 Å². The normalized spacial score (nSPS) is 19.3. The van der Waals surface area contributed by atoms with Crippen molar-refractivity contribution in [3.05, 3.63) is 150 Å². The molecule has 1 aromatic heterocycles. The maximum absolute atomic E-state index is 4.16. The number of fused-ring (bicyclic) bond motifs is 7. The molecule has 0 saturated carbocycles. The lowest BCUT2D eigenvalue weighted by atomic mass is 9.83. The predicted octanol–water partition coefficient (Wildman–Crippen LogP) is 9.54. The lowest BCUT2D eigenvalue weighted by molar-refractivity contribution is 0.153. The van der Waals surface area contributed by atoms with E-state index < -0.39 is 0 Å². The van der Waals surface area contributed by atoms with Gasteiger partial charge in [-0.1, -0.05) is 117 Å². The summed E-state index contributed by atoms with van der Waals surface area (Å²) in [6.45, 7) is 4.75. The summed E-state index contributed by atoms with van der Waals surface area (Å²) in [4.78, 5) is 2.58. The third kappa shape index (κ3) is 3.36. The summed E-state index contributed by atoms with van der Waals surface area (Å²) in [7, 11) is 2.31. The topological polar surface area (TPSA) is 20.2 Å². The largest absolute Gasteiger partial charge is 0.372 e. The Balaban J connectivity index is 1.36. The minimum absolute atomic E-state index is 0.00272. The Morgan fingerprint density at radius 2 is 1.26 bits per heavy atom. The molecule has 1 unspecified atom stereocenters. The highest BCUT2D eigenvalue weighted by atomic mass is 15.4. The first kappa shape index (κ1) is 24.6. The average Bonchev–Trinajstić information content (AvgIpc) is 3.47. The van der Waals surface area contributed by atoms with Crippen LogP contribution in [0, 0.1) is 0 Å². The SMILES string of the molecule is CN1C2=C(NC(c3ccc4ccccc4c3)[C@@H]1n1c3ccccc3c3cc4ccccc4cc31)c1ccccc1C2(C)C. The third-order valence-corrected chi connectivity index (χ3v) is 10.0. The Morgan fingerprint density at radius 1 is 0.605 bits per heavy atom. The highest BCUT2D eigenvalue weighted by molar-refractivity contribution is 6.12. The zero-order valence-corrected chi connectivity index (χ0v) is 24.7. The molecule has 3 heteroatoms. The molecule has 9 rings (SSSR count). The number of allylic oxidation sites excluding steroid dienone is 1. The molecule has 0 radical (unpaired) electrons. The van der Waals surface area contributed by atoms with Crippen molar-refractivity contribution in [2.75, 3.05) is 7.05 Å². The van der Waals surface area contributed by atoms with Gasteiger partial charge in [0.1, 0.15) is 6.17 Å². The molecular weight excluding hydrogens is 522 g/mol. The zero-order valence-electron chi connectivity index (χ0n) is 24.7. The molecule has 2 aliphatic rings. The van der Waals surface area contributed by atoms with Crippen LogP contribution in [0.3, 0.4) is 0 Å². The summed E-state index contributed by atoms with van der Waals surface area (Å²) in [5, 5.41) is 11.8. The second-order valence-electron chi connectivity index (χ2n) is 12.8. The average molecular weight is 556 g/mol. The van der Waals surface area contributed by atoms with Gasteiger partial charge in [0, 0.05) is 34.5 Å². The maximum Gasteiger partial charge on any atom is 0.131 e. The zero-order chi connectivity index (χ0) is 28.9. The fourth-order valence-electron chi connectivity index (χ4n) is 8.11. The van der Waals surface area contributed by atoms with E-state index in [4.69, 9.17) is 0 Å². The van der Waals surface area contributed by atoms with Crippen LogP contribution in [0.1, 0.15) is 42.7 Å². The number of para-hydroxylation sites is 1. The van der Waals surface area contributed by atoms with Crippen LogP contribution < -0.4 is 5.32 Å². The van der Waals surface area contributed by atoms with Crippen molar-refractivity contribution in [3.8, 4) is 0 Å². The van der Waals surface area contributed by atoms with Crippen LogP contribution in [0.4, 0.5) is 0 Å². The smallest absolute Gasteiger partial charge is 0.131 e. The number of hydrogen-bond acceptors (Lipinski definition) is 2. The molecule has 7 aromatic rings. The minimum atomic E-state index is -0.133. The van der Waals surface area contributed by atoms with Crippen molar-refractivity contribution in [3.63, 3.8) is 0 Å². The fraction of sp³-hybridized carbons (Fsp3) is 0.150. The number of rotatable bonds is 2. The molecule has 208 valence electrons. The number of aromatic nitrogens is 1. The molecule has 1 aliphatic carbocycles. The lowest BCUT2D eigenvalue weighted by Gasteiger charge is -2.47. The Morgan fingerprint density at radius 3 is 2.07 bits per heavy atom. The number of nitrogens with zero attached hydrogens (tertiary/aromatic N) is 2. The van der Waals surface area contributed by atoms with Crippen molar-refractivity contribution in [2.24, 2.45) is 0 Å². The molecule has 0 spiro atoms. The Bertz CT molecular complexity index is 2290. The first-order valence-electron chi connectivity index (χ1n) is 15.2. The molecule has 6 aromatic carbocycles. The highest BCUT2D eigenvalue weighted by Crippen LogP contribution is 2.53. The molecule has 3 nitrogen and oxygen atoms in total. The maximum atomic E-state index is 4.16. The van der Waals surface area contributed by atoms with Crippen LogP contribution in [-0.2, 0) is 5.41 Å². The van der Waals surface area contributed by atoms with Gasteiger partial charge in [-0.05, 0) is 56.9 Å². The molecule has 1 aliphatic heterocycles. The predicted molar refractivity (Wildman–Crippen MR) is 180 cm³/mol. The van der Waals surface area contributed by atoms with E-state index in [1.165, 1.54) is 71.4 Å². The van der Waals surface area contributed by atoms with Crippen LogP contribution in [0.25, 0.3) is 49.0 Å². The summed E-state index contributed by atoms with van der Waals surface area (Å²) in [5.74, 6) is 0. The van der Waals surface area contributed by atoms with Gasteiger partial charge in [0.2, 0.25) is 0 Å². The van der Waals surface area contributed by atoms with E-state index in [1.807, 2.05) is 0 Å². The van der Waals surface area contributed by atoms with E-state index in [-0.39, 0.29) is 17.6 Å². The van der Waals surface area contributed by atoms with Gasteiger partial charge in [0.25, 0.3) is 0 Å². The van der Waals surface area contributed by atoms with Crippen molar-refractivity contribution < 1.29 is 0 Å². The monoisotopic (exact) mass is 555 g/mol. The van der Waals surface area contributed by atoms with Gasteiger partial charge in [-0.2, -0.15) is 0 Å². The van der Waals surface area contributed by atoms with E-state index >= 15 is 0 Å². The van der Waals surface area contributed by atoms with Gasteiger partial charge in [0.15, 0.2) is 0 Å². The van der Waals surface area contributed by atoms with E-state index in [1.54, 1.807) is 0 Å². The summed E-state index contributed by atoms with van der Waals surface area (Å²) >= 11 is 0. The Hall–Kier alpha value is -5.02. The Kier molecular flexibility index (Phi) is 5.00. The van der Waals surface area contributed by atoms with Crippen molar-refractivity contribution in [1.82, 2.24) is 14.8 Å². The molecule has 43 heavy (non-hydrogen) atoms. The molecule has 2 heterocycles. The second-order valence-corrected chi connectivity index (χ2v) is 12.8. The number of benzene rings is 6. The van der Waals surface area contributed by atoms with Gasteiger partial charge >= 0.3 is 0 Å². The molecular formula is C40H33N3. The van der Waals surface area contributed by atoms with Gasteiger partial charge in [-0.15, -0.1) is 0 Å². The summed E-state index contributed by atoms with van der Waals surface area (Å²) in [5.41, 5.74) is 8.97. The number of likely N-dealkylation sites (N-methyl/N-ethyl adjacent to an activating group) is 1. The minimum Gasteiger partial charge on any atom is -0.372 e. The first-order chi connectivity index (χ1) is 21.0. The quantitative estimate of drug-likeness (QED) is 0.229. The summed E-state index contributed by atoms with van der Waals surface area (Å²) in [6, 6.07) is 47.0. The van der Waals surface area contributed by atoms with Crippen LogP contribution >= 0.6 is 0 Å².